The molecule has 0 radical (unpaired) electrons. The first-order valence-corrected chi connectivity index (χ1v) is 9.26. The number of nitrogens with zero attached hydrogens (tertiary/aromatic N) is 2. The van der Waals surface area contributed by atoms with Gasteiger partial charge in [0.25, 0.3) is 0 Å². The molecule has 1 atom stereocenters. The molecule has 1 aliphatic carbocycles. The lowest BCUT2D eigenvalue weighted by atomic mass is 9.98. The summed E-state index contributed by atoms with van der Waals surface area (Å²) in [5.41, 5.74) is 1.33. The van der Waals surface area contributed by atoms with Gasteiger partial charge in [0.1, 0.15) is 5.60 Å². The molecule has 0 fully saturated rings. The molecule has 1 heterocycles. The highest BCUT2D eigenvalue weighted by molar-refractivity contribution is 7.93. The molecule has 1 aliphatic rings. The molecule has 0 saturated heterocycles. The molecule has 6 nitrogen and oxygen atoms in total. The van der Waals surface area contributed by atoms with E-state index in [1.54, 1.807) is 30.9 Å². The smallest absolute Gasteiger partial charge is 0.236 e. The van der Waals surface area contributed by atoms with Crippen LogP contribution in [0.5, 0.6) is 0 Å². The van der Waals surface area contributed by atoms with Crippen LogP contribution in [-0.4, -0.2) is 29.8 Å². The zero-order chi connectivity index (χ0) is 17.4. The molecule has 1 aromatic heterocycles. The number of fused-ring (bicyclic) bond motifs is 1. The predicted octanol–water partition coefficient (Wildman–Crippen LogP) is 1.53. The van der Waals surface area contributed by atoms with E-state index in [1.165, 1.54) is 6.20 Å². The fraction of sp³-hybridized carbons (Fsp3) is 0.353. The third-order valence-electron chi connectivity index (χ3n) is 4.29. The first-order chi connectivity index (χ1) is 11.3. The minimum Gasteiger partial charge on any atom is -0.384 e. The molecule has 0 bridgehead atoms. The molecule has 0 spiro atoms. The van der Waals surface area contributed by atoms with Crippen molar-refractivity contribution in [3.8, 4) is 0 Å². The molecule has 0 aliphatic heterocycles. The molecule has 1 aromatic carbocycles. The van der Waals surface area contributed by atoms with Crippen molar-refractivity contribution in [2.75, 3.05) is 6.54 Å². The maximum Gasteiger partial charge on any atom is 0.236 e. The lowest BCUT2D eigenvalue weighted by molar-refractivity contribution is 0.0627. The van der Waals surface area contributed by atoms with Crippen molar-refractivity contribution in [3.05, 3.63) is 58.3 Å². The fourth-order valence-corrected chi connectivity index (χ4v) is 4.06. The molecule has 24 heavy (non-hydrogen) atoms. The lowest BCUT2D eigenvalue weighted by Gasteiger charge is -2.23. The van der Waals surface area contributed by atoms with Crippen LogP contribution in [0.2, 0.25) is 0 Å². The fourth-order valence-electron chi connectivity index (χ4n) is 2.75. The van der Waals surface area contributed by atoms with Gasteiger partial charge in [0.15, 0.2) is 0 Å². The Morgan fingerprint density at radius 3 is 2.79 bits per heavy atom. The van der Waals surface area contributed by atoms with Crippen molar-refractivity contribution in [2.45, 2.75) is 25.4 Å². The van der Waals surface area contributed by atoms with Crippen LogP contribution in [0.4, 0.5) is 0 Å². The maximum absolute atomic E-state index is 12.6. The van der Waals surface area contributed by atoms with Crippen molar-refractivity contribution in [1.29, 1.82) is 0 Å². The molecule has 3 rings (SSSR count). The van der Waals surface area contributed by atoms with E-state index in [2.05, 4.69) is 9.82 Å². The second kappa shape index (κ2) is 6.16. The predicted molar refractivity (Wildman–Crippen MR) is 92.4 cm³/mol. The standard InChI is InChI=1S/C17H21N3O3S/c1-17(21,15-10-18-20(2)11-15)12-19-24(22,23)16-8-7-13-5-3-4-6-14(13)9-16/h3-6,9-11,19,21H,7-8,12H2,1-2H3/t17-/m0/s1. The Bertz CT molecular complexity index is 882. The van der Waals surface area contributed by atoms with Crippen molar-refractivity contribution >= 4 is 16.1 Å². The van der Waals surface area contributed by atoms with Crippen LogP contribution in [0.3, 0.4) is 0 Å². The average Bonchev–Trinajstić information content (AvgIpc) is 3.00. The van der Waals surface area contributed by atoms with Crippen molar-refractivity contribution in [1.82, 2.24) is 14.5 Å². The van der Waals surface area contributed by atoms with Crippen LogP contribution < -0.4 is 4.72 Å². The first kappa shape index (κ1) is 16.9. The summed E-state index contributed by atoms with van der Waals surface area (Å²) in [4.78, 5) is 0.350. The van der Waals surface area contributed by atoms with Gasteiger partial charge in [0.2, 0.25) is 10.0 Å². The summed E-state index contributed by atoms with van der Waals surface area (Å²) in [5.74, 6) is 0. The Kier molecular flexibility index (Phi) is 4.33. The van der Waals surface area contributed by atoms with Gasteiger partial charge in [-0.25, -0.2) is 13.1 Å². The Balaban J connectivity index is 1.76. The monoisotopic (exact) mass is 347 g/mol. The summed E-state index contributed by atoms with van der Waals surface area (Å²) in [7, 11) is -1.89. The van der Waals surface area contributed by atoms with Gasteiger partial charge in [-0.05, 0) is 37.0 Å². The van der Waals surface area contributed by atoms with Crippen LogP contribution in [0, 0.1) is 0 Å². The van der Waals surface area contributed by atoms with E-state index in [9.17, 15) is 13.5 Å². The second-order valence-corrected chi connectivity index (χ2v) is 8.13. The van der Waals surface area contributed by atoms with Crippen molar-refractivity contribution in [3.63, 3.8) is 0 Å². The van der Waals surface area contributed by atoms with E-state index in [0.717, 1.165) is 11.1 Å². The number of aliphatic hydroxyl groups is 1. The van der Waals surface area contributed by atoms with Crippen LogP contribution in [0.1, 0.15) is 30.0 Å². The molecule has 2 N–H and O–H groups in total. The summed E-state index contributed by atoms with van der Waals surface area (Å²) in [6.45, 7) is 1.46. The van der Waals surface area contributed by atoms with Crippen LogP contribution in [0.15, 0.2) is 41.6 Å². The minimum atomic E-state index is -3.64. The van der Waals surface area contributed by atoms with Crippen molar-refractivity contribution in [2.24, 2.45) is 7.05 Å². The second-order valence-electron chi connectivity index (χ2n) is 6.31. The Hall–Kier alpha value is -1.96. The van der Waals surface area contributed by atoms with Gasteiger partial charge in [-0.2, -0.15) is 5.10 Å². The van der Waals surface area contributed by atoms with E-state index in [0.29, 0.717) is 23.3 Å². The minimum absolute atomic E-state index is 0.111. The molecule has 7 heteroatoms. The summed E-state index contributed by atoms with van der Waals surface area (Å²) >= 11 is 0. The molecule has 128 valence electrons. The van der Waals surface area contributed by atoms with Gasteiger partial charge in [0.05, 0.1) is 11.1 Å². The third kappa shape index (κ3) is 3.43. The third-order valence-corrected chi connectivity index (χ3v) is 5.83. The van der Waals surface area contributed by atoms with Gasteiger partial charge < -0.3 is 5.11 Å². The highest BCUT2D eigenvalue weighted by atomic mass is 32.2. The topological polar surface area (TPSA) is 84.2 Å². The van der Waals surface area contributed by atoms with E-state index in [4.69, 9.17) is 0 Å². The van der Waals surface area contributed by atoms with Gasteiger partial charge >= 0.3 is 0 Å². The highest BCUT2D eigenvalue weighted by Crippen LogP contribution is 2.27. The quantitative estimate of drug-likeness (QED) is 0.859. The zero-order valence-corrected chi connectivity index (χ0v) is 14.5. The number of aromatic nitrogens is 2. The number of benzene rings is 1. The number of rotatable bonds is 5. The normalized spacial score (nSPS) is 17.0. The molecule has 0 amide bonds. The van der Waals surface area contributed by atoms with Gasteiger partial charge in [-0.15, -0.1) is 0 Å². The number of hydrogen-bond donors (Lipinski definition) is 2. The largest absolute Gasteiger partial charge is 0.384 e. The molecular weight excluding hydrogens is 326 g/mol. The van der Waals surface area contributed by atoms with E-state index >= 15 is 0 Å². The van der Waals surface area contributed by atoms with Gasteiger partial charge in [-0.3, -0.25) is 4.68 Å². The van der Waals surface area contributed by atoms with Gasteiger partial charge in [-0.1, -0.05) is 24.3 Å². The Morgan fingerprint density at radius 1 is 1.33 bits per heavy atom. The molecule has 0 saturated carbocycles. The van der Waals surface area contributed by atoms with E-state index in [1.807, 2.05) is 24.3 Å². The summed E-state index contributed by atoms with van der Waals surface area (Å²) in [5, 5.41) is 14.5. The molecule has 0 unspecified atom stereocenters. The lowest BCUT2D eigenvalue weighted by Crippen LogP contribution is -2.39. The molecule has 2 aromatic rings. The SMILES string of the molecule is Cn1cc([C@@](C)(O)CNS(=O)(=O)C2=Cc3ccccc3CC2)cn1. The number of sulfonamides is 1. The van der Waals surface area contributed by atoms with Gasteiger partial charge in [0, 0.05) is 25.4 Å². The van der Waals surface area contributed by atoms with Crippen molar-refractivity contribution < 1.29 is 13.5 Å². The zero-order valence-electron chi connectivity index (χ0n) is 13.7. The van der Waals surface area contributed by atoms with Crippen LogP contribution in [0.25, 0.3) is 6.08 Å². The maximum atomic E-state index is 12.6. The average molecular weight is 347 g/mol. The van der Waals surface area contributed by atoms with E-state index in [-0.39, 0.29) is 6.54 Å². The summed E-state index contributed by atoms with van der Waals surface area (Å²) in [6, 6.07) is 7.77. The number of allylic oxidation sites excluding steroid dienone is 1. The Labute approximate surface area is 141 Å². The van der Waals surface area contributed by atoms with Crippen LogP contribution in [-0.2, 0) is 29.1 Å². The highest BCUT2D eigenvalue weighted by Gasteiger charge is 2.29. The van der Waals surface area contributed by atoms with E-state index < -0.39 is 15.6 Å². The number of nitrogens with one attached hydrogen (secondary N) is 1. The molecular formula is C17H21N3O3S. The summed E-state index contributed by atoms with van der Waals surface area (Å²) < 4.78 is 29.2. The first-order valence-electron chi connectivity index (χ1n) is 7.78. The van der Waals surface area contributed by atoms with Crippen LogP contribution >= 0.6 is 0 Å². The number of hydrogen-bond acceptors (Lipinski definition) is 4. The number of aryl methyl sites for hydroxylation is 2. The Morgan fingerprint density at radius 2 is 2.08 bits per heavy atom. The summed E-state index contributed by atoms with van der Waals surface area (Å²) in [6.07, 6.45) is 6.07.